The van der Waals surface area contributed by atoms with E-state index in [9.17, 15) is 4.39 Å². The van der Waals surface area contributed by atoms with Crippen LogP contribution in [0.5, 0.6) is 0 Å². The summed E-state index contributed by atoms with van der Waals surface area (Å²) in [5.41, 5.74) is 4.00. The number of nitrogens with one attached hydrogen (secondary N) is 1. The van der Waals surface area contributed by atoms with Crippen molar-refractivity contribution < 1.29 is 4.39 Å². The number of anilines is 2. The number of aryl methyl sites for hydroxylation is 1. The summed E-state index contributed by atoms with van der Waals surface area (Å²) >= 11 is 0. The molecule has 0 aliphatic heterocycles. The molecular formula is C21H17FN4. The molecule has 0 saturated carbocycles. The zero-order chi connectivity index (χ0) is 17.9. The van der Waals surface area contributed by atoms with Crippen molar-refractivity contribution in [2.45, 2.75) is 0 Å². The second-order valence-corrected chi connectivity index (χ2v) is 6.00. The Bertz CT molecular complexity index is 1020. The molecule has 1 heterocycles. The highest BCUT2D eigenvalue weighted by Crippen LogP contribution is 2.33. The third kappa shape index (κ3) is 3.07. The summed E-state index contributed by atoms with van der Waals surface area (Å²) in [6, 6.07) is 22.6. The van der Waals surface area contributed by atoms with E-state index >= 15 is 0 Å². The number of halogens is 1. The fraction of sp³-hybridized carbons (Fsp3) is 0.0476. The zero-order valence-corrected chi connectivity index (χ0v) is 14.2. The number of rotatable bonds is 4. The summed E-state index contributed by atoms with van der Waals surface area (Å²) in [5, 5.41) is 11.2. The van der Waals surface area contributed by atoms with Gasteiger partial charge in [-0.2, -0.15) is 0 Å². The van der Waals surface area contributed by atoms with Gasteiger partial charge in [0.25, 0.3) is 0 Å². The van der Waals surface area contributed by atoms with Crippen molar-refractivity contribution >= 4 is 11.4 Å². The molecule has 0 bridgehead atoms. The highest BCUT2D eigenvalue weighted by atomic mass is 19.1. The maximum Gasteiger partial charge on any atom is 0.163 e. The minimum absolute atomic E-state index is 0.288. The first-order valence-electron chi connectivity index (χ1n) is 8.28. The third-order valence-electron chi connectivity index (χ3n) is 4.22. The molecule has 5 heteroatoms. The number of benzene rings is 3. The Morgan fingerprint density at radius 2 is 1.62 bits per heavy atom. The largest absolute Gasteiger partial charge is 0.353 e. The lowest BCUT2D eigenvalue weighted by Crippen LogP contribution is -1.97. The normalized spacial score (nSPS) is 10.7. The topological polar surface area (TPSA) is 42.7 Å². The minimum Gasteiger partial charge on any atom is -0.353 e. The van der Waals surface area contributed by atoms with Crippen LogP contribution in [0, 0.1) is 5.82 Å². The van der Waals surface area contributed by atoms with E-state index in [1.165, 1.54) is 6.07 Å². The first-order valence-corrected chi connectivity index (χ1v) is 8.28. The summed E-state index contributed by atoms with van der Waals surface area (Å²) < 4.78 is 16.3. The molecule has 0 saturated heterocycles. The van der Waals surface area contributed by atoms with Gasteiger partial charge in [-0.1, -0.05) is 42.5 Å². The Labute approximate surface area is 151 Å². The lowest BCUT2D eigenvalue weighted by molar-refractivity contribution is 0.632. The van der Waals surface area contributed by atoms with E-state index < -0.39 is 0 Å². The summed E-state index contributed by atoms with van der Waals surface area (Å²) in [7, 11) is 1.90. The van der Waals surface area contributed by atoms with Gasteiger partial charge in [0.1, 0.15) is 12.1 Å². The van der Waals surface area contributed by atoms with Gasteiger partial charge in [0, 0.05) is 23.9 Å². The van der Waals surface area contributed by atoms with Crippen LogP contribution in [0.25, 0.3) is 22.5 Å². The van der Waals surface area contributed by atoms with E-state index in [-0.39, 0.29) is 5.82 Å². The molecule has 0 aliphatic rings. The van der Waals surface area contributed by atoms with Gasteiger partial charge in [0.2, 0.25) is 0 Å². The SMILES string of the molecule is Cn1cnnc1-c1ccc(Nc2c(F)cccc2-c2ccccc2)cc1. The molecule has 0 spiro atoms. The van der Waals surface area contributed by atoms with Gasteiger partial charge in [-0.25, -0.2) is 4.39 Å². The van der Waals surface area contributed by atoms with Crippen LogP contribution in [0.3, 0.4) is 0 Å². The number of para-hydroxylation sites is 1. The highest BCUT2D eigenvalue weighted by molar-refractivity contribution is 5.81. The molecule has 1 aromatic heterocycles. The third-order valence-corrected chi connectivity index (χ3v) is 4.22. The lowest BCUT2D eigenvalue weighted by atomic mass is 10.0. The van der Waals surface area contributed by atoms with Crippen LogP contribution in [0.1, 0.15) is 0 Å². The molecule has 1 N–H and O–H groups in total. The zero-order valence-electron chi connectivity index (χ0n) is 14.2. The van der Waals surface area contributed by atoms with Crippen molar-refractivity contribution in [1.29, 1.82) is 0 Å². The van der Waals surface area contributed by atoms with Gasteiger partial charge in [0.15, 0.2) is 5.82 Å². The number of hydrogen-bond acceptors (Lipinski definition) is 3. The Hall–Kier alpha value is -3.47. The highest BCUT2D eigenvalue weighted by Gasteiger charge is 2.11. The Morgan fingerprint density at radius 1 is 0.846 bits per heavy atom. The molecule has 0 amide bonds. The smallest absolute Gasteiger partial charge is 0.163 e. The molecule has 4 rings (SSSR count). The van der Waals surface area contributed by atoms with Crippen molar-refractivity contribution in [3.05, 3.63) is 84.9 Å². The lowest BCUT2D eigenvalue weighted by Gasteiger charge is -2.14. The van der Waals surface area contributed by atoms with Crippen LogP contribution in [0.15, 0.2) is 79.1 Å². The van der Waals surface area contributed by atoms with Crippen molar-refractivity contribution in [1.82, 2.24) is 14.8 Å². The Kier molecular flexibility index (Phi) is 4.19. The second kappa shape index (κ2) is 6.80. The van der Waals surface area contributed by atoms with Gasteiger partial charge >= 0.3 is 0 Å². The Morgan fingerprint density at radius 3 is 2.31 bits per heavy atom. The fourth-order valence-electron chi connectivity index (χ4n) is 2.90. The number of aromatic nitrogens is 3. The molecule has 0 radical (unpaired) electrons. The van der Waals surface area contributed by atoms with Gasteiger partial charge in [-0.3, -0.25) is 0 Å². The summed E-state index contributed by atoms with van der Waals surface area (Å²) in [5.74, 6) is 0.496. The van der Waals surface area contributed by atoms with Crippen molar-refractivity contribution in [2.75, 3.05) is 5.32 Å². The fourth-order valence-corrected chi connectivity index (χ4v) is 2.90. The first kappa shape index (κ1) is 16.0. The predicted molar refractivity (Wildman–Crippen MR) is 102 cm³/mol. The average molecular weight is 344 g/mol. The van der Waals surface area contributed by atoms with Crippen LogP contribution in [0.4, 0.5) is 15.8 Å². The number of hydrogen-bond donors (Lipinski definition) is 1. The monoisotopic (exact) mass is 344 g/mol. The Balaban J connectivity index is 1.67. The van der Waals surface area contributed by atoms with Gasteiger partial charge in [0.05, 0.1) is 5.69 Å². The average Bonchev–Trinajstić information content (AvgIpc) is 3.11. The van der Waals surface area contributed by atoms with E-state index in [1.54, 1.807) is 12.4 Å². The molecule has 0 unspecified atom stereocenters. The molecule has 128 valence electrons. The molecule has 0 atom stereocenters. The van der Waals surface area contributed by atoms with Crippen LogP contribution >= 0.6 is 0 Å². The summed E-state index contributed by atoms with van der Waals surface area (Å²) in [4.78, 5) is 0. The van der Waals surface area contributed by atoms with Crippen LogP contribution in [-0.2, 0) is 7.05 Å². The van der Waals surface area contributed by atoms with E-state index in [1.807, 2.05) is 72.3 Å². The quantitative estimate of drug-likeness (QED) is 0.564. The van der Waals surface area contributed by atoms with Crippen molar-refractivity contribution in [3.63, 3.8) is 0 Å². The molecular weight excluding hydrogens is 327 g/mol. The van der Waals surface area contributed by atoms with Crippen molar-refractivity contribution in [2.24, 2.45) is 7.05 Å². The molecule has 26 heavy (non-hydrogen) atoms. The molecule has 0 fully saturated rings. The van der Waals surface area contributed by atoms with Gasteiger partial charge < -0.3 is 9.88 Å². The maximum absolute atomic E-state index is 14.5. The molecule has 4 nitrogen and oxygen atoms in total. The van der Waals surface area contributed by atoms with E-state index in [2.05, 4.69) is 15.5 Å². The van der Waals surface area contributed by atoms with Gasteiger partial charge in [-0.05, 0) is 35.9 Å². The molecule has 0 aliphatic carbocycles. The predicted octanol–water partition coefficient (Wildman–Crippen LogP) is 5.03. The summed E-state index contributed by atoms with van der Waals surface area (Å²) in [6.07, 6.45) is 1.66. The van der Waals surface area contributed by atoms with Gasteiger partial charge in [-0.15, -0.1) is 10.2 Å². The number of nitrogens with zero attached hydrogens (tertiary/aromatic N) is 3. The maximum atomic E-state index is 14.5. The van der Waals surface area contributed by atoms with E-state index in [0.717, 1.165) is 28.2 Å². The van der Waals surface area contributed by atoms with Crippen LogP contribution in [-0.4, -0.2) is 14.8 Å². The summed E-state index contributed by atoms with van der Waals surface area (Å²) in [6.45, 7) is 0. The van der Waals surface area contributed by atoms with Crippen molar-refractivity contribution in [3.8, 4) is 22.5 Å². The first-order chi connectivity index (χ1) is 12.7. The van der Waals surface area contributed by atoms with E-state index in [0.29, 0.717) is 5.69 Å². The van der Waals surface area contributed by atoms with Crippen LogP contribution in [0.2, 0.25) is 0 Å². The second-order valence-electron chi connectivity index (χ2n) is 6.00. The van der Waals surface area contributed by atoms with E-state index in [4.69, 9.17) is 0 Å². The van der Waals surface area contributed by atoms with Crippen LogP contribution < -0.4 is 5.32 Å². The standard InChI is InChI=1S/C21H17FN4/c1-26-14-23-25-21(26)16-10-12-17(13-11-16)24-20-18(8-5-9-19(20)22)15-6-3-2-4-7-15/h2-14,24H,1H3. The molecule has 3 aromatic carbocycles. The molecule has 4 aromatic rings. The minimum atomic E-state index is -0.288.